The van der Waals surface area contributed by atoms with Crippen molar-refractivity contribution in [2.45, 2.75) is 12.8 Å². The van der Waals surface area contributed by atoms with Crippen LogP contribution in [0.15, 0.2) is 30.9 Å². The van der Waals surface area contributed by atoms with Crippen LogP contribution in [-0.2, 0) is 16.0 Å². The van der Waals surface area contributed by atoms with Gasteiger partial charge in [-0.1, -0.05) is 6.08 Å². The number of hydrogen-bond donors (Lipinski definition) is 1. The Bertz CT molecular complexity index is 554. The van der Waals surface area contributed by atoms with Crippen LogP contribution < -0.4 is 9.80 Å². The van der Waals surface area contributed by atoms with Gasteiger partial charge in [-0.05, 0) is 30.2 Å². The summed E-state index contributed by atoms with van der Waals surface area (Å²) in [6.45, 7) is 4.24. The van der Waals surface area contributed by atoms with Gasteiger partial charge in [-0.15, -0.1) is 6.58 Å². The van der Waals surface area contributed by atoms with Crippen molar-refractivity contribution in [3.05, 3.63) is 36.4 Å². The zero-order valence-electron chi connectivity index (χ0n) is 11.5. The number of carboxylic acid groups (broad SMARTS) is 1. The molecule has 0 fully saturated rings. The Morgan fingerprint density at radius 3 is 2.95 bits per heavy atom. The van der Waals surface area contributed by atoms with Gasteiger partial charge in [0.05, 0.1) is 6.42 Å². The first kappa shape index (κ1) is 14.1. The quantitative estimate of drug-likeness (QED) is 0.802. The Morgan fingerprint density at radius 1 is 1.55 bits per heavy atom. The summed E-state index contributed by atoms with van der Waals surface area (Å²) in [6.07, 6.45) is 2.92. The molecule has 1 aromatic rings. The van der Waals surface area contributed by atoms with Crippen LogP contribution in [0.25, 0.3) is 0 Å². The van der Waals surface area contributed by atoms with Crippen molar-refractivity contribution >= 4 is 23.3 Å². The van der Waals surface area contributed by atoms with Crippen LogP contribution in [0.5, 0.6) is 0 Å². The fourth-order valence-electron chi connectivity index (χ4n) is 2.37. The van der Waals surface area contributed by atoms with Gasteiger partial charge in [0.2, 0.25) is 5.91 Å². The Hall–Kier alpha value is -2.30. The van der Waals surface area contributed by atoms with Crippen LogP contribution in [0.2, 0.25) is 0 Å². The Morgan fingerprint density at radius 2 is 2.30 bits per heavy atom. The molecular formula is C15H18N2O3. The minimum Gasteiger partial charge on any atom is -0.480 e. The van der Waals surface area contributed by atoms with E-state index in [2.05, 4.69) is 6.58 Å². The van der Waals surface area contributed by atoms with Crippen molar-refractivity contribution in [1.82, 2.24) is 0 Å². The third-order valence-corrected chi connectivity index (χ3v) is 3.37. The van der Waals surface area contributed by atoms with E-state index >= 15 is 0 Å². The smallest absolute Gasteiger partial charge is 0.323 e. The van der Waals surface area contributed by atoms with Gasteiger partial charge in [0.15, 0.2) is 0 Å². The van der Waals surface area contributed by atoms with E-state index in [1.807, 2.05) is 18.2 Å². The van der Waals surface area contributed by atoms with Gasteiger partial charge in [0.25, 0.3) is 0 Å². The molecule has 0 bridgehead atoms. The van der Waals surface area contributed by atoms with Gasteiger partial charge in [-0.2, -0.15) is 0 Å². The first-order chi connectivity index (χ1) is 9.52. The van der Waals surface area contributed by atoms with E-state index in [0.29, 0.717) is 13.0 Å². The number of anilines is 2. The standard InChI is InChI=1S/C15H18N2O3/c1-3-4-7-17-13-6-5-12(16(2)10-15(19)20)8-11(13)9-14(17)18/h3,5-6,8H,1,4,7,9-10H2,2H3,(H,19,20). The molecule has 0 unspecified atom stereocenters. The largest absolute Gasteiger partial charge is 0.480 e. The molecule has 20 heavy (non-hydrogen) atoms. The molecule has 5 heteroatoms. The van der Waals surface area contributed by atoms with E-state index in [4.69, 9.17) is 5.11 Å². The zero-order chi connectivity index (χ0) is 14.7. The molecule has 2 rings (SSSR count). The lowest BCUT2D eigenvalue weighted by Crippen LogP contribution is -2.27. The third kappa shape index (κ3) is 2.82. The highest BCUT2D eigenvalue weighted by Gasteiger charge is 2.27. The monoisotopic (exact) mass is 274 g/mol. The molecule has 1 aromatic carbocycles. The first-order valence-electron chi connectivity index (χ1n) is 6.50. The molecule has 0 radical (unpaired) electrons. The molecule has 0 saturated heterocycles. The summed E-state index contributed by atoms with van der Waals surface area (Å²) in [5.74, 6) is -0.795. The number of amides is 1. The number of nitrogens with zero attached hydrogens (tertiary/aromatic N) is 2. The number of hydrogen-bond acceptors (Lipinski definition) is 3. The molecule has 0 saturated carbocycles. The number of aliphatic carboxylic acids is 1. The molecule has 1 N–H and O–H groups in total. The third-order valence-electron chi connectivity index (χ3n) is 3.37. The number of carbonyl (C=O) groups excluding carboxylic acids is 1. The summed E-state index contributed by atoms with van der Waals surface area (Å²) in [4.78, 5) is 26.1. The van der Waals surface area contributed by atoms with E-state index in [1.54, 1.807) is 22.9 Å². The van der Waals surface area contributed by atoms with E-state index in [0.717, 1.165) is 23.4 Å². The van der Waals surface area contributed by atoms with Crippen LogP contribution in [0.4, 0.5) is 11.4 Å². The second-order valence-corrected chi connectivity index (χ2v) is 4.86. The van der Waals surface area contributed by atoms with Crippen LogP contribution >= 0.6 is 0 Å². The molecule has 1 aliphatic heterocycles. The van der Waals surface area contributed by atoms with Crippen LogP contribution in [0.1, 0.15) is 12.0 Å². The summed E-state index contributed by atoms with van der Waals surface area (Å²) in [5, 5.41) is 8.81. The molecule has 0 aliphatic carbocycles. The van der Waals surface area contributed by atoms with Gasteiger partial charge in [-0.3, -0.25) is 9.59 Å². The van der Waals surface area contributed by atoms with E-state index in [-0.39, 0.29) is 12.5 Å². The lowest BCUT2D eigenvalue weighted by Gasteiger charge is -2.19. The van der Waals surface area contributed by atoms with Gasteiger partial charge in [0, 0.05) is 25.0 Å². The highest BCUT2D eigenvalue weighted by molar-refractivity contribution is 6.01. The normalized spacial score (nSPS) is 13.2. The minimum absolute atomic E-state index is 0.0626. The average Bonchev–Trinajstić information content (AvgIpc) is 2.70. The summed E-state index contributed by atoms with van der Waals surface area (Å²) in [5.41, 5.74) is 2.68. The SMILES string of the molecule is C=CCCN1C(=O)Cc2cc(N(C)CC(=O)O)ccc21. The van der Waals surface area contributed by atoms with Crippen molar-refractivity contribution in [1.29, 1.82) is 0 Å². The topological polar surface area (TPSA) is 60.9 Å². The fraction of sp³-hybridized carbons (Fsp3) is 0.333. The van der Waals surface area contributed by atoms with Gasteiger partial charge in [-0.25, -0.2) is 0 Å². The van der Waals surface area contributed by atoms with Crippen LogP contribution in [0, 0.1) is 0 Å². The molecule has 0 atom stereocenters. The molecule has 1 heterocycles. The summed E-state index contributed by atoms with van der Waals surface area (Å²) >= 11 is 0. The highest BCUT2D eigenvalue weighted by Crippen LogP contribution is 2.32. The highest BCUT2D eigenvalue weighted by atomic mass is 16.4. The van der Waals surface area contributed by atoms with E-state index in [1.165, 1.54) is 0 Å². The zero-order valence-corrected chi connectivity index (χ0v) is 11.5. The van der Waals surface area contributed by atoms with E-state index in [9.17, 15) is 9.59 Å². The van der Waals surface area contributed by atoms with Gasteiger partial charge < -0.3 is 14.9 Å². The summed E-state index contributed by atoms with van der Waals surface area (Å²) in [7, 11) is 1.72. The number of carboxylic acids is 1. The second-order valence-electron chi connectivity index (χ2n) is 4.86. The number of carbonyl (C=O) groups is 2. The number of rotatable bonds is 6. The minimum atomic E-state index is -0.878. The van der Waals surface area contributed by atoms with Crippen molar-refractivity contribution in [3.63, 3.8) is 0 Å². The summed E-state index contributed by atoms with van der Waals surface area (Å²) in [6, 6.07) is 5.63. The van der Waals surface area contributed by atoms with Crippen molar-refractivity contribution in [2.75, 3.05) is 29.9 Å². The second kappa shape index (κ2) is 5.77. The number of fused-ring (bicyclic) bond motifs is 1. The Labute approximate surface area is 118 Å². The van der Waals surface area contributed by atoms with E-state index < -0.39 is 5.97 Å². The number of benzene rings is 1. The van der Waals surface area contributed by atoms with Crippen LogP contribution in [-0.4, -0.2) is 37.1 Å². The fourth-order valence-corrected chi connectivity index (χ4v) is 2.37. The van der Waals surface area contributed by atoms with Gasteiger partial charge in [0.1, 0.15) is 6.54 Å². The summed E-state index contributed by atoms with van der Waals surface area (Å²) < 4.78 is 0. The maximum Gasteiger partial charge on any atom is 0.323 e. The molecule has 0 spiro atoms. The lowest BCUT2D eigenvalue weighted by atomic mass is 10.1. The predicted molar refractivity (Wildman–Crippen MR) is 78.2 cm³/mol. The molecule has 1 aliphatic rings. The van der Waals surface area contributed by atoms with Crippen molar-refractivity contribution < 1.29 is 14.7 Å². The van der Waals surface area contributed by atoms with Crippen molar-refractivity contribution in [2.24, 2.45) is 0 Å². The maximum atomic E-state index is 12.0. The molecule has 0 aromatic heterocycles. The molecular weight excluding hydrogens is 256 g/mol. The number of likely N-dealkylation sites (N-methyl/N-ethyl adjacent to an activating group) is 1. The molecule has 1 amide bonds. The Kier molecular flexibility index (Phi) is 4.08. The molecule has 5 nitrogen and oxygen atoms in total. The molecule has 106 valence electrons. The Balaban J connectivity index is 2.21. The maximum absolute atomic E-state index is 12.0. The lowest BCUT2D eigenvalue weighted by molar-refractivity contribution is -0.135. The first-order valence-corrected chi connectivity index (χ1v) is 6.50. The predicted octanol–water partition coefficient (Wildman–Crippen LogP) is 1.67. The van der Waals surface area contributed by atoms with Crippen LogP contribution in [0.3, 0.4) is 0 Å². The van der Waals surface area contributed by atoms with Gasteiger partial charge >= 0.3 is 5.97 Å². The van der Waals surface area contributed by atoms with Crippen molar-refractivity contribution in [3.8, 4) is 0 Å². The average molecular weight is 274 g/mol.